The largest absolute Gasteiger partial charge is 0.598 e. The minimum atomic E-state index is -1.07. The van der Waals surface area contributed by atoms with Gasteiger partial charge in [-0.15, -0.1) is 16.5 Å². The van der Waals surface area contributed by atoms with Crippen LogP contribution in [0.3, 0.4) is 0 Å². The van der Waals surface area contributed by atoms with Crippen LogP contribution in [-0.2, 0) is 17.8 Å². The lowest BCUT2D eigenvalue weighted by Gasteiger charge is -2.42. The van der Waals surface area contributed by atoms with Gasteiger partial charge in [-0.05, 0) is 106 Å². The first-order valence-corrected chi connectivity index (χ1v) is 14.3. The second kappa shape index (κ2) is 8.98. The highest BCUT2D eigenvalue weighted by Gasteiger charge is 2.50. The zero-order valence-electron chi connectivity index (χ0n) is 19.6. The summed E-state index contributed by atoms with van der Waals surface area (Å²) in [5.74, 6) is 2.75. The van der Waals surface area contributed by atoms with Gasteiger partial charge in [0.1, 0.15) is 4.75 Å². The average molecular weight is 469 g/mol. The summed E-state index contributed by atoms with van der Waals surface area (Å²) in [5, 5.41) is 1.17. The number of nitrogens with zero attached hydrogens (tertiary/aromatic N) is 1. The van der Waals surface area contributed by atoms with Crippen molar-refractivity contribution < 1.29 is 4.55 Å². The third kappa shape index (κ3) is 4.77. The molecule has 0 amide bonds. The average Bonchev–Trinajstić information content (AvgIpc) is 3.57. The highest BCUT2D eigenvalue weighted by Crippen LogP contribution is 2.56. The maximum absolute atomic E-state index is 13.1. The molecule has 5 heteroatoms. The Balaban J connectivity index is 1.28. The molecule has 2 saturated carbocycles. The minimum absolute atomic E-state index is 0.175. The Hall–Kier alpha value is -1.01. The molecule has 2 fully saturated rings. The normalized spacial score (nSPS) is 28.6. The summed E-state index contributed by atoms with van der Waals surface area (Å²) < 4.78 is 16.4. The molecule has 3 aliphatic rings. The molecule has 1 aromatic carbocycles. The van der Waals surface area contributed by atoms with Crippen LogP contribution in [-0.4, -0.2) is 20.0 Å². The fourth-order valence-corrected chi connectivity index (χ4v) is 7.43. The number of fused-ring (bicyclic) bond motifs is 1. The minimum Gasteiger partial charge on any atom is -0.598 e. The van der Waals surface area contributed by atoms with E-state index < -0.39 is 11.4 Å². The van der Waals surface area contributed by atoms with Crippen LogP contribution in [0.1, 0.15) is 87.9 Å². The van der Waals surface area contributed by atoms with Gasteiger partial charge in [0.2, 0.25) is 0 Å². The highest BCUT2D eigenvalue weighted by atomic mass is 32.2. The Bertz CT molecular complexity index is 927. The van der Waals surface area contributed by atoms with Gasteiger partial charge in [-0.25, -0.2) is 4.98 Å². The van der Waals surface area contributed by atoms with Crippen molar-refractivity contribution in [2.45, 2.75) is 87.4 Å². The molecule has 2 atom stereocenters. The standard InChI is InChI=1S/C27H36N2OS2/c1-26(2,3)32(30)29-25-23-7-5-4-6-21(23)16-27(25)14-12-20(13-15-27)22-10-11-24(28-17-22)31-18-19-8-9-19/h4-7,10-11,17,19-20,25,29H,8-9,12-16,18H2,1-3H3/t20-,25?,27+,32-/m1/s1. The number of nitrogens with one attached hydrogen (secondary N) is 1. The molecule has 0 saturated heterocycles. The van der Waals surface area contributed by atoms with E-state index in [0.29, 0.717) is 5.92 Å². The molecule has 0 aliphatic heterocycles. The first-order valence-electron chi connectivity index (χ1n) is 12.2. The van der Waals surface area contributed by atoms with Crippen LogP contribution >= 0.6 is 11.8 Å². The second-order valence-electron chi connectivity index (χ2n) is 11.1. The fraction of sp³-hybridized carbons (Fsp3) is 0.593. The topological polar surface area (TPSA) is 48.0 Å². The highest BCUT2D eigenvalue weighted by molar-refractivity contribution is 7.99. The molecule has 1 aromatic heterocycles. The predicted molar refractivity (Wildman–Crippen MR) is 135 cm³/mol. The molecule has 1 heterocycles. The lowest BCUT2D eigenvalue weighted by molar-refractivity contribution is 0.140. The zero-order valence-corrected chi connectivity index (χ0v) is 21.2. The van der Waals surface area contributed by atoms with Gasteiger partial charge in [0.05, 0.1) is 11.1 Å². The maximum Gasteiger partial charge on any atom is 0.136 e. The lowest BCUT2D eigenvalue weighted by Crippen LogP contribution is -2.46. The van der Waals surface area contributed by atoms with E-state index in [-0.39, 0.29) is 16.2 Å². The number of aromatic nitrogens is 1. The second-order valence-corrected chi connectivity index (χ2v) is 14.2. The first-order chi connectivity index (χ1) is 15.3. The van der Waals surface area contributed by atoms with Crippen LogP contribution in [0.2, 0.25) is 0 Å². The number of thioether (sulfide) groups is 1. The summed E-state index contributed by atoms with van der Waals surface area (Å²) in [7, 11) is 0. The van der Waals surface area contributed by atoms with Gasteiger partial charge in [0.15, 0.2) is 0 Å². The van der Waals surface area contributed by atoms with Crippen LogP contribution in [0, 0.1) is 11.3 Å². The Morgan fingerprint density at radius 3 is 2.50 bits per heavy atom. The number of pyridine rings is 1. The van der Waals surface area contributed by atoms with Gasteiger partial charge in [-0.1, -0.05) is 30.3 Å². The van der Waals surface area contributed by atoms with Gasteiger partial charge < -0.3 is 4.55 Å². The maximum atomic E-state index is 13.1. The van der Waals surface area contributed by atoms with E-state index >= 15 is 0 Å². The van der Waals surface area contributed by atoms with Crippen molar-refractivity contribution in [3.8, 4) is 0 Å². The SMILES string of the molecule is CC(C)(C)[S@@+]([O-])NC1c2ccccc2C[C@]12CC[C@H](c1ccc(SCC3CC3)nc1)CC2. The van der Waals surface area contributed by atoms with E-state index in [4.69, 9.17) is 4.98 Å². The van der Waals surface area contributed by atoms with Gasteiger partial charge >= 0.3 is 0 Å². The predicted octanol–water partition coefficient (Wildman–Crippen LogP) is 6.58. The zero-order chi connectivity index (χ0) is 22.3. The van der Waals surface area contributed by atoms with E-state index in [0.717, 1.165) is 12.3 Å². The van der Waals surface area contributed by atoms with Gasteiger partial charge in [-0.3, -0.25) is 0 Å². The molecule has 3 nitrogen and oxygen atoms in total. The number of rotatable bonds is 6. The first kappa shape index (κ1) is 22.8. The van der Waals surface area contributed by atoms with Crippen molar-refractivity contribution in [2.75, 3.05) is 5.75 Å². The molecule has 1 N–H and O–H groups in total. The molecule has 5 rings (SSSR count). The fourth-order valence-electron chi connectivity index (χ4n) is 5.46. The summed E-state index contributed by atoms with van der Waals surface area (Å²) in [6, 6.07) is 13.5. The van der Waals surface area contributed by atoms with E-state index in [9.17, 15) is 4.55 Å². The van der Waals surface area contributed by atoms with Crippen molar-refractivity contribution in [2.24, 2.45) is 11.3 Å². The molecular weight excluding hydrogens is 432 g/mol. The summed E-state index contributed by atoms with van der Waals surface area (Å²) in [4.78, 5) is 4.77. The molecule has 0 radical (unpaired) electrons. The van der Waals surface area contributed by atoms with E-state index in [2.05, 4.69) is 68.1 Å². The Kier molecular flexibility index (Phi) is 6.39. The van der Waals surface area contributed by atoms with Crippen LogP contribution < -0.4 is 4.72 Å². The summed E-state index contributed by atoms with van der Waals surface area (Å²) in [6.45, 7) is 6.17. The Labute approximate surface area is 200 Å². The molecule has 1 unspecified atom stereocenters. The Morgan fingerprint density at radius 2 is 1.84 bits per heavy atom. The smallest absolute Gasteiger partial charge is 0.136 e. The van der Waals surface area contributed by atoms with Crippen molar-refractivity contribution in [1.82, 2.24) is 9.71 Å². The van der Waals surface area contributed by atoms with Crippen molar-refractivity contribution in [1.29, 1.82) is 0 Å². The van der Waals surface area contributed by atoms with E-state index in [1.54, 1.807) is 0 Å². The van der Waals surface area contributed by atoms with E-state index in [1.807, 2.05) is 11.8 Å². The molecular formula is C27H36N2OS2. The van der Waals surface area contributed by atoms with Crippen LogP contribution in [0.25, 0.3) is 0 Å². The monoisotopic (exact) mass is 468 g/mol. The lowest BCUT2D eigenvalue weighted by atomic mass is 9.66. The molecule has 3 aliphatic carbocycles. The third-order valence-corrected chi connectivity index (χ3v) is 10.4. The molecule has 0 bridgehead atoms. The van der Waals surface area contributed by atoms with Crippen LogP contribution in [0.5, 0.6) is 0 Å². The molecule has 32 heavy (non-hydrogen) atoms. The summed E-state index contributed by atoms with van der Waals surface area (Å²) >= 11 is 0.841. The van der Waals surface area contributed by atoms with E-state index in [1.165, 1.54) is 66.0 Å². The van der Waals surface area contributed by atoms with Crippen molar-refractivity contribution in [3.63, 3.8) is 0 Å². The quantitative estimate of drug-likeness (QED) is 0.384. The Morgan fingerprint density at radius 1 is 1.09 bits per heavy atom. The van der Waals surface area contributed by atoms with Gasteiger partial charge in [0.25, 0.3) is 0 Å². The number of hydrogen-bond donors (Lipinski definition) is 1. The van der Waals surface area contributed by atoms with Gasteiger partial charge in [-0.2, -0.15) is 0 Å². The third-order valence-electron chi connectivity index (χ3n) is 7.68. The van der Waals surface area contributed by atoms with Crippen molar-refractivity contribution >= 4 is 23.1 Å². The summed E-state index contributed by atoms with van der Waals surface area (Å²) in [5.41, 5.74) is 4.37. The molecule has 2 aromatic rings. The number of benzene rings is 1. The van der Waals surface area contributed by atoms with Gasteiger partial charge in [0, 0.05) is 23.3 Å². The number of hydrogen-bond acceptors (Lipinski definition) is 4. The van der Waals surface area contributed by atoms with Crippen LogP contribution in [0.15, 0.2) is 47.6 Å². The molecule has 172 valence electrons. The molecule has 1 spiro atoms. The van der Waals surface area contributed by atoms with Crippen LogP contribution in [0.4, 0.5) is 0 Å². The van der Waals surface area contributed by atoms with Crippen molar-refractivity contribution in [3.05, 3.63) is 59.3 Å². The summed E-state index contributed by atoms with van der Waals surface area (Å²) in [6.07, 6.45) is 10.7.